The molecule has 0 fully saturated rings. The Hall–Kier alpha value is 1.88. The maximum absolute atomic E-state index is 8.35. The number of hydrogen-bond acceptors (Lipinski definition) is 6. The number of halogens is 6. The van der Waals surface area contributed by atoms with Crippen LogP contribution in [0.1, 0.15) is 36.0 Å². The minimum absolute atomic E-state index is 0. The van der Waals surface area contributed by atoms with Gasteiger partial charge in [-0.1, -0.05) is 36.4 Å². The minimum atomic E-state index is -3.06. The van der Waals surface area contributed by atoms with E-state index in [-0.39, 0.29) is 5.48 Å². The summed E-state index contributed by atoms with van der Waals surface area (Å²) in [6, 6.07) is 29.7. The van der Waals surface area contributed by atoms with Gasteiger partial charge in [0.25, 0.3) is 0 Å². The van der Waals surface area contributed by atoms with Gasteiger partial charge in [-0.15, -0.1) is 0 Å². The molecule has 0 saturated heterocycles. The summed E-state index contributed by atoms with van der Waals surface area (Å²) in [5.74, 6) is 2.57. The summed E-state index contributed by atoms with van der Waals surface area (Å²) < 4.78 is 15.0. The Morgan fingerprint density at radius 2 is 0.723 bits per heavy atom. The van der Waals surface area contributed by atoms with Crippen LogP contribution in [0.4, 0.5) is 0 Å². The zero-order valence-electron chi connectivity index (χ0n) is 26.6. The molecule has 17 heteroatoms. The molecule has 0 radical (unpaired) electrons. The fraction of sp³-hybridized carbons (Fsp3) is 0.300. The van der Waals surface area contributed by atoms with Gasteiger partial charge < -0.3 is 19.7 Å². The SMILES string of the molecule is COc1ccc(CCC#N)cc1.COc1ccc(CCC#N)cc1.COc1ccc(CCC#N)cc1.O.[Cl][Pt]([Cl])([Cl])[Cl].[Cl][Pt][Cl].[K][K]. The van der Waals surface area contributed by atoms with Crippen LogP contribution in [0.3, 0.4) is 0 Å². The van der Waals surface area contributed by atoms with Crippen molar-refractivity contribution in [1.29, 1.82) is 15.8 Å². The average Bonchev–Trinajstić information content (AvgIpc) is 3.07. The molecule has 0 spiro atoms. The Morgan fingerprint density at radius 1 is 0.553 bits per heavy atom. The van der Waals surface area contributed by atoms with Crippen molar-refractivity contribution in [3.63, 3.8) is 0 Å². The molecular formula is C30H35Cl6K2N3O4Pt2. The third-order valence-electron chi connectivity index (χ3n) is 5.05. The predicted molar refractivity (Wildman–Crippen MR) is 191 cm³/mol. The number of nitriles is 3. The van der Waals surface area contributed by atoms with Crippen molar-refractivity contribution in [2.45, 2.75) is 38.5 Å². The van der Waals surface area contributed by atoms with Gasteiger partial charge >= 0.3 is 148 Å². The first-order chi connectivity index (χ1) is 22.0. The first-order valence-electron chi connectivity index (χ1n) is 13.3. The quantitative estimate of drug-likeness (QED) is 0.197. The van der Waals surface area contributed by atoms with E-state index in [9.17, 15) is 0 Å². The standard InChI is InChI=1S/3C10H11NO.6ClH.2K.H2O.2Pt/c3*1-12-10-6-4-9(5-7-10)3-2-8-11;;;;;;;;;;;/h3*4-7H,2-3H2,1H3;6*1H;;;1H2;;/q;;;;;;;;;;;;+2;+4/p-6. The number of hydrogen-bond donors (Lipinski definition) is 0. The summed E-state index contributed by atoms with van der Waals surface area (Å²) in [4.78, 5) is 0. The van der Waals surface area contributed by atoms with E-state index < -0.39 is 28.4 Å². The van der Waals surface area contributed by atoms with Crippen molar-refractivity contribution in [2.24, 2.45) is 0 Å². The van der Waals surface area contributed by atoms with Gasteiger partial charge in [0.05, 0.1) is 39.5 Å². The summed E-state index contributed by atoms with van der Waals surface area (Å²) in [7, 11) is 34.7. The third kappa shape index (κ3) is 40.5. The average molecular weight is 1180 g/mol. The molecule has 0 aliphatic rings. The fourth-order valence-corrected chi connectivity index (χ4v) is 2.98. The van der Waals surface area contributed by atoms with Crippen LogP contribution >= 0.6 is 56.5 Å². The first kappa shape index (κ1) is 55.6. The summed E-state index contributed by atoms with van der Waals surface area (Å²) in [5.41, 5.74) is 3.53. The topological polar surface area (TPSA) is 131 Å². The van der Waals surface area contributed by atoms with E-state index >= 15 is 0 Å². The van der Waals surface area contributed by atoms with Crippen molar-refractivity contribution in [1.82, 2.24) is 0 Å². The molecule has 0 atom stereocenters. The number of nitrogens with zero attached hydrogens (tertiary/aromatic N) is 3. The number of methoxy groups -OCH3 is 3. The van der Waals surface area contributed by atoms with Crippen molar-refractivity contribution < 1.29 is 48.1 Å². The van der Waals surface area contributed by atoms with E-state index in [4.69, 9.17) is 86.5 Å². The molecular weight excluding hydrogens is 1150 g/mol. The zero-order valence-corrected chi connectivity index (χ0v) is 42.0. The second kappa shape index (κ2) is 40.6. The van der Waals surface area contributed by atoms with Gasteiger partial charge in [-0.2, -0.15) is 15.8 Å². The summed E-state index contributed by atoms with van der Waals surface area (Å²) in [6.07, 6.45) is 4.19. The number of rotatable bonds is 9. The maximum atomic E-state index is 8.35. The van der Waals surface area contributed by atoms with Crippen molar-refractivity contribution >= 4 is 120 Å². The summed E-state index contributed by atoms with van der Waals surface area (Å²) >= 11 is -1.03. The van der Waals surface area contributed by atoms with Gasteiger partial charge in [0.2, 0.25) is 0 Å². The Bertz CT molecular complexity index is 1110. The predicted octanol–water partition coefficient (Wildman–Crippen LogP) is 9.00. The van der Waals surface area contributed by atoms with Gasteiger partial charge in [-0.25, -0.2) is 0 Å². The van der Waals surface area contributed by atoms with Crippen LogP contribution in [0.15, 0.2) is 72.8 Å². The van der Waals surface area contributed by atoms with E-state index in [1.807, 2.05) is 72.8 Å². The van der Waals surface area contributed by atoms with Gasteiger partial charge in [0.1, 0.15) is 17.2 Å². The molecule has 0 aliphatic carbocycles. The number of benzene rings is 3. The molecule has 0 bridgehead atoms. The molecule has 0 saturated carbocycles. The molecule has 3 rings (SSSR count). The van der Waals surface area contributed by atoms with E-state index in [0.717, 1.165) is 36.5 Å². The second-order valence-electron chi connectivity index (χ2n) is 7.83. The monoisotopic (exact) mass is 1180 g/mol. The molecule has 0 aliphatic heterocycles. The van der Waals surface area contributed by atoms with E-state index in [1.165, 1.54) is 79.8 Å². The van der Waals surface area contributed by atoms with Crippen LogP contribution in [-0.4, -0.2) is 90.0 Å². The molecule has 2 N–H and O–H groups in total. The molecule has 0 unspecified atom stereocenters. The Labute approximate surface area is 360 Å². The second-order valence-corrected chi connectivity index (χ2v) is 30.8. The van der Waals surface area contributed by atoms with Crippen LogP contribution < -0.4 is 14.2 Å². The van der Waals surface area contributed by atoms with E-state index in [0.29, 0.717) is 19.3 Å². The van der Waals surface area contributed by atoms with Crippen molar-refractivity contribution in [2.75, 3.05) is 21.3 Å². The fourth-order valence-electron chi connectivity index (χ4n) is 2.98. The van der Waals surface area contributed by atoms with Crippen molar-refractivity contribution in [3.8, 4) is 35.5 Å². The molecule has 0 amide bonds. The molecule has 258 valence electrons. The van der Waals surface area contributed by atoms with Crippen LogP contribution in [-0.2, 0) is 47.6 Å². The van der Waals surface area contributed by atoms with Gasteiger partial charge in [-0.3, -0.25) is 0 Å². The Kier molecular flexibility index (Phi) is 48.1. The third-order valence-corrected chi connectivity index (χ3v) is 5.05. The molecule has 7 nitrogen and oxygen atoms in total. The molecule has 47 heavy (non-hydrogen) atoms. The Morgan fingerprint density at radius 3 is 0.851 bits per heavy atom. The molecule has 0 aromatic heterocycles. The Balaban J connectivity index is -0.000000256. The van der Waals surface area contributed by atoms with Crippen LogP contribution in [0.2, 0.25) is 0 Å². The van der Waals surface area contributed by atoms with Crippen LogP contribution in [0.5, 0.6) is 17.2 Å². The van der Waals surface area contributed by atoms with Crippen LogP contribution in [0.25, 0.3) is 0 Å². The normalized spacial score (nSPS) is 9.15. The number of ether oxygens (including phenoxy) is 3. The summed E-state index contributed by atoms with van der Waals surface area (Å²) in [5, 5.41) is 25.1. The van der Waals surface area contributed by atoms with Crippen LogP contribution in [0, 0.1) is 34.0 Å². The van der Waals surface area contributed by atoms with Gasteiger partial charge in [0.15, 0.2) is 0 Å². The first-order valence-corrected chi connectivity index (χ1v) is 46.2. The van der Waals surface area contributed by atoms with E-state index in [1.54, 1.807) is 21.3 Å². The summed E-state index contributed by atoms with van der Waals surface area (Å²) in [6.45, 7) is 0. The molecule has 3 aromatic carbocycles. The molecule has 3 aromatic rings. The van der Waals surface area contributed by atoms with E-state index in [2.05, 4.69) is 18.2 Å². The van der Waals surface area contributed by atoms with Gasteiger partial charge in [0, 0.05) is 19.3 Å². The number of aryl methyl sites for hydroxylation is 3. The zero-order chi connectivity index (χ0) is 35.6. The van der Waals surface area contributed by atoms with Gasteiger partial charge in [-0.05, 0) is 72.4 Å². The molecule has 0 heterocycles. The van der Waals surface area contributed by atoms with Crippen molar-refractivity contribution in [3.05, 3.63) is 89.5 Å².